The third kappa shape index (κ3) is 6.04. The molecule has 0 heterocycles. The predicted octanol–water partition coefficient (Wildman–Crippen LogP) is 2.13. The smallest absolute Gasteiger partial charge is 0.243 e. The molecule has 1 aromatic rings. The molecule has 0 spiro atoms. The Labute approximate surface area is 123 Å². The minimum atomic E-state index is -0.319. The fraction of sp³-hybridized carbons (Fsp3) is 0.429. The van der Waals surface area contributed by atoms with Crippen LogP contribution in [0.25, 0.3) is 0 Å². The first-order valence-corrected chi connectivity index (χ1v) is 6.81. The number of carbonyl (C=O) groups excluding carboxylic acids is 2. The number of rotatable bonds is 7. The highest BCUT2D eigenvalue weighted by Gasteiger charge is 2.08. The Bertz CT molecular complexity index is 477. The van der Waals surface area contributed by atoms with Crippen molar-refractivity contribution in [1.82, 2.24) is 5.32 Å². The van der Waals surface area contributed by atoms with Gasteiger partial charge in [-0.2, -0.15) is 0 Å². The number of carbonyl (C=O) groups is 2. The van der Waals surface area contributed by atoms with E-state index in [9.17, 15) is 9.59 Å². The SMILES string of the molecule is CCOCCC(=O)NCC(=O)Nc1ccc(C)cc1Cl. The molecule has 0 fully saturated rings. The highest BCUT2D eigenvalue weighted by atomic mass is 35.5. The molecule has 1 aromatic carbocycles. The third-order valence-corrected chi connectivity index (χ3v) is 2.84. The van der Waals surface area contributed by atoms with Crippen molar-refractivity contribution in [2.24, 2.45) is 0 Å². The van der Waals surface area contributed by atoms with Crippen LogP contribution in [0.1, 0.15) is 18.9 Å². The van der Waals surface area contributed by atoms with Crippen LogP contribution < -0.4 is 10.6 Å². The van der Waals surface area contributed by atoms with Crippen molar-refractivity contribution in [3.63, 3.8) is 0 Å². The molecule has 6 heteroatoms. The van der Waals surface area contributed by atoms with Gasteiger partial charge in [0.05, 0.1) is 23.9 Å². The Morgan fingerprint density at radius 2 is 2.05 bits per heavy atom. The van der Waals surface area contributed by atoms with Crippen LogP contribution in [0.4, 0.5) is 5.69 Å². The van der Waals surface area contributed by atoms with E-state index in [2.05, 4.69) is 10.6 Å². The average Bonchev–Trinajstić information content (AvgIpc) is 2.40. The van der Waals surface area contributed by atoms with E-state index >= 15 is 0 Å². The molecule has 0 atom stereocenters. The second kappa shape index (κ2) is 8.55. The Hall–Kier alpha value is -1.59. The van der Waals surface area contributed by atoms with Crippen molar-refractivity contribution in [2.45, 2.75) is 20.3 Å². The van der Waals surface area contributed by atoms with Crippen LogP contribution >= 0.6 is 11.6 Å². The summed E-state index contributed by atoms with van der Waals surface area (Å²) in [6.45, 7) is 4.61. The van der Waals surface area contributed by atoms with Gasteiger partial charge in [0.1, 0.15) is 0 Å². The van der Waals surface area contributed by atoms with Gasteiger partial charge in [-0.1, -0.05) is 17.7 Å². The Balaban J connectivity index is 2.34. The summed E-state index contributed by atoms with van der Waals surface area (Å²) >= 11 is 6.00. The zero-order chi connectivity index (χ0) is 15.0. The summed E-state index contributed by atoms with van der Waals surface area (Å²) in [5.74, 6) is -0.538. The minimum Gasteiger partial charge on any atom is -0.381 e. The molecule has 0 saturated heterocycles. The van der Waals surface area contributed by atoms with Gasteiger partial charge in [-0.15, -0.1) is 0 Å². The molecule has 1 rings (SSSR count). The minimum absolute atomic E-state index is 0.0881. The van der Waals surface area contributed by atoms with E-state index in [0.29, 0.717) is 23.9 Å². The molecule has 0 bridgehead atoms. The largest absolute Gasteiger partial charge is 0.381 e. The summed E-state index contributed by atoms with van der Waals surface area (Å²) in [5, 5.41) is 5.63. The van der Waals surface area contributed by atoms with E-state index in [4.69, 9.17) is 16.3 Å². The molecular formula is C14H19ClN2O3. The quantitative estimate of drug-likeness (QED) is 0.758. The second-order valence-corrected chi connectivity index (χ2v) is 4.66. The lowest BCUT2D eigenvalue weighted by Gasteiger charge is -2.09. The average molecular weight is 299 g/mol. The van der Waals surface area contributed by atoms with E-state index in [-0.39, 0.29) is 24.8 Å². The molecule has 2 amide bonds. The van der Waals surface area contributed by atoms with Crippen LogP contribution in [0.3, 0.4) is 0 Å². The number of nitrogens with one attached hydrogen (secondary N) is 2. The van der Waals surface area contributed by atoms with E-state index in [1.54, 1.807) is 12.1 Å². The highest BCUT2D eigenvalue weighted by Crippen LogP contribution is 2.22. The van der Waals surface area contributed by atoms with Crippen molar-refractivity contribution in [1.29, 1.82) is 0 Å². The van der Waals surface area contributed by atoms with Gasteiger partial charge in [0.25, 0.3) is 0 Å². The summed E-state index contributed by atoms with van der Waals surface area (Å²) in [4.78, 5) is 23.1. The van der Waals surface area contributed by atoms with Crippen LogP contribution in [-0.4, -0.2) is 31.6 Å². The van der Waals surface area contributed by atoms with E-state index < -0.39 is 0 Å². The van der Waals surface area contributed by atoms with Crippen molar-refractivity contribution >= 4 is 29.1 Å². The van der Waals surface area contributed by atoms with Gasteiger partial charge in [-0.05, 0) is 31.5 Å². The molecule has 0 radical (unpaired) electrons. The Morgan fingerprint density at radius 3 is 2.70 bits per heavy atom. The van der Waals surface area contributed by atoms with E-state index in [1.807, 2.05) is 19.9 Å². The normalized spacial score (nSPS) is 10.2. The van der Waals surface area contributed by atoms with Gasteiger partial charge in [0.2, 0.25) is 11.8 Å². The maximum Gasteiger partial charge on any atom is 0.243 e. The number of anilines is 1. The zero-order valence-electron chi connectivity index (χ0n) is 11.7. The predicted molar refractivity (Wildman–Crippen MR) is 78.9 cm³/mol. The summed E-state index contributed by atoms with van der Waals surface area (Å²) in [6, 6.07) is 5.34. The maximum absolute atomic E-state index is 11.7. The van der Waals surface area contributed by atoms with E-state index in [1.165, 1.54) is 0 Å². The molecule has 110 valence electrons. The highest BCUT2D eigenvalue weighted by molar-refractivity contribution is 6.33. The fourth-order valence-electron chi connectivity index (χ4n) is 1.49. The van der Waals surface area contributed by atoms with Gasteiger partial charge in [0.15, 0.2) is 0 Å². The summed E-state index contributed by atoms with van der Waals surface area (Å²) in [5.41, 5.74) is 1.54. The first kappa shape index (κ1) is 16.5. The van der Waals surface area contributed by atoms with Gasteiger partial charge in [-0.3, -0.25) is 9.59 Å². The number of ether oxygens (including phenoxy) is 1. The monoisotopic (exact) mass is 298 g/mol. The summed E-state index contributed by atoms with van der Waals surface area (Å²) in [6.07, 6.45) is 0.242. The molecule has 0 aliphatic carbocycles. The number of hydrogen-bond acceptors (Lipinski definition) is 3. The lowest BCUT2D eigenvalue weighted by atomic mass is 10.2. The van der Waals surface area contributed by atoms with Gasteiger partial charge in [0, 0.05) is 13.0 Å². The zero-order valence-corrected chi connectivity index (χ0v) is 12.4. The summed E-state index contributed by atoms with van der Waals surface area (Å²) < 4.78 is 5.05. The van der Waals surface area contributed by atoms with Crippen LogP contribution in [0, 0.1) is 6.92 Å². The van der Waals surface area contributed by atoms with Crippen LogP contribution in [0.15, 0.2) is 18.2 Å². The number of hydrogen-bond donors (Lipinski definition) is 2. The van der Waals surface area contributed by atoms with Crippen molar-refractivity contribution < 1.29 is 14.3 Å². The molecule has 5 nitrogen and oxygen atoms in total. The first-order valence-electron chi connectivity index (χ1n) is 6.43. The Morgan fingerprint density at radius 1 is 1.30 bits per heavy atom. The van der Waals surface area contributed by atoms with Gasteiger partial charge >= 0.3 is 0 Å². The molecule has 0 unspecified atom stereocenters. The molecule has 2 N–H and O–H groups in total. The molecule has 0 aliphatic heterocycles. The second-order valence-electron chi connectivity index (χ2n) is 4.26. The van der Waals surface area contributed by atoms with Crippen molar-refractivity contribution in [3.8, 4) is 0 Å². The Kier molecular flexibility index (Phi) is 7.04. The van der Waals surface area contributed by atoms with Crippen molar-refractivity contribution in [2.75, 3.05) is 25.1 Å². The van der Waals surface area contributed by atoms with Gasteiger partial charge < -0.3 is 15.4 Å². The molecular weight excluding hydrogens is 280 g/mol. The molecule has 0 aromatic heterocycles. The molecule has 0 saturated carbocycles. The third-order valence-electron chi connectivity index (χ3n) is 2.52. The number of amides is 2. The lowest BCUT2D eigenvalue weighted by Crippen LogP contribution is -2.33. The molecule has 0 aliphatic rings. The fourth-order valence-corrected chi connectivity index (χ4v) is 1.77. The molecule has 20 heavy (non-hydrogen) atoms. The van der Waals surface area contributed by atoms with Crippen molar-refractivity contribution in [3.05, 3.63) is 28.8 Å². The maximum atomic E-state index is 11.7. The van der Waals surface area contributed by atoms with Crippen LogP contribution in [0.2, 0.25) is 5.02 Å². The van der Waals surface area contributed by atoms with Crippen LogP contribution in [-0.2, 0) is 14.3 Å². The number of benzene rings is 1. The topological polar surface area (TPSA) is 67.4 Å². The first-order chi connectivity index (χ1) is 9.52. The number of aryl methyl sites for hydroxylation is 1. The van der Waals surface area contributed by atoms with Crippen LogP contribution in [0.5, 0.6) is 0 Å². The summed E-state index contributed by atoms with van der Waals surface area (Å²) in [7, 11) is 0. The van der Waals surface area contributed by atoms with E-state index in [0.717, 1.165) is 5.56 Å². The standard InChI is InChI=1S/C14H19ClN2O3/c1-3-20-7-6-13(18)16-9-14(19)17-12-5-4-10(2)8-11(12)15/h4-5,8H,3,6-7,9H2,1-2H3,(H,16,18)(H,17,19). The van der Waals surface area contributed by atoms with Gasteiger partial charge in [-0.25, -0.2) is 0 Å². The number of halogens is 1. The lowest BCUT2D eigenvalue weighted by molar-refractivity contribution is -0.125.